The Kier molecular flexibility index (Phi) is 7.78. The predicted octanol–water partition coefficient (Wildman–Crippen LogP) is 5.24. The summed E-state index contributed by atoms with van der Waals surface area (Å²) in [6, 6.07) is 12.6. The molecule has 11 heteroatoms. The van der Waals surface area contributed by atoms with Gasteiger partial charge in [0.25, 0.3) is 0 Å². The molecule has 4 rings (SSSR count). The van der Waals surface area contributed by atoms with Crippen LogP contribution in [0.3, 0.4) is 0 Å². The maximum atomic E-state index is 11.7. The standard InChI is InChI=1S/C22H22Cl2N4O3S2/c1-25-21(29)28(32)16-3-5-18(6-4-16)33-12-17-11-30-22(31-17,13-27-9-8-26-14-27)19-7-2-15(23)10-20(19)24/h2-10,14,17,32H,11-13H2,1H3,(H,25,29). The van der Waals surface area contributed by atoms with Gasteiger partial charge in [0, 0.05) is 40.7 Å². The molecule has 33 heavy (non-hydrogen) atoms. The van der Waals surface area contributed by atoms with Crippen LogP contribution >= 0.6 is 47.8 Å². The summed E-state index contributed by atoms with van der Waals surface area (Å²) in [6.07, 6.45) is 5.12. The van der Waals surface area contributed by atoms with Crippen molar-refractivity contribution < 1.29 is 14.3 Å². The fraction of sp³-hybridized carbons (Fsp3) is 0.273. The Hall–Kier alpha value is -1.88. The van der Waals surface area contributed by atoms with Crippen LogP contribution in [0.5, 0.6) is 0 Å². The van der Waals surface area contributed by atoms with E-state index in [0.717, 1.165) is 10.5 Å². The van der Waals surface area contributed by atoms with Crippen LogP contribution in [0.15, 0.2) is 66.1 Å². The SMILES string of the molecule is CNC(=O)N(S)c1ccc(SCC2COC(Cn3ccnc3)(c3ccc(Cl)cc3Cl)O2)cc1. The van der Waals surface area contributed by atoms with Gasteiger partial charge >= 0.3 is 6.03 Å². The third-order valence-corrected chi connectivity index (χ3v) is 7.18. The van der Waals surface area contributed by atoms with E-state index in [-0.39, 0.29) is 12.1 Å². The largest absolute Gasteiger partial charge is 0.342 e. The third kappa shape index (κ3) is 5.62. The first kappa shape index (κ1) is 24.3. The fourth-order valence-corrected chi connectivity index (χ4v) is 5.13. The zero-order valence-electron chi connectivity index (χ0n) is 17.6. The molecule has 174 valence electrons. The predicted molar refractivity (Wildman–Crippen MR) is 134 cm³/mol. The van der Waals surface area contributed by atoms with E-state index in [9.17, 15) is 4.79 Å². The number of rotatable bonds is 7. The van der Waals surface area contributed by atoms with Crippen molar-refractivity contribution in [3.8, 4) is 0 Å². The minimum atomic E-state index is -1.04. The number of anilines is 1. The second kappa shape index (κ2) is 10.6. The van der Waals surface area contributed by atoms with E-state index in [0.29, 0.717) is 34.6 Å². The van der Waals surface area contributed by atoms with E-state index in [1.54, 1.807) is 43.5 Å². The highest BCUT2D eigenvalue weighted by molar-refractivity contribution is 7.99. The Morgan fingerprint density at radius 2 is 2.12 bits per heavy atom. The first-order valence-corrected chi connectivity index (χ1v) is 12.2. The number of nitrogens with one attached hydrogen (secondary N) is 1. The molecule has 1 N–H and O–H groups in total. The van der Waals surface area contributed by atoms with Crippen LogP contribution < -0.4 is 9.62 Å². The maximum absolute atomic E-state index is 11.7. The van der Waals surface area contributed by atoms with Gasteiger partial charge in [0.1, 0.15) is 0 Å². The number of nitrogens with zero attached hydrogens (tertiary/aromatic N) is 3. The molecule has 0 radical (unpaired) electrons. The topological polar surface area (TPSA) is 68.6 Å². The van der Waals surface area contributed by atoms with Crippen molar-refractivity contribution in [2.75, 3.05) is 23.7 Å². The Balaban J connectivity index is 1.45. The van der Waals surface area contributed by atoms with Crippen molar-refractivity contribution in [1.82, 2.24) is 14.9 Å². The van der Waals surface area contributed by atoms with Gasteiger partial charge in [-0.1, -0.05) is 42.1 Å². The van der Waals surface area contributed by atoms with Gasteiger partial charge in [-0.3, -0.25) is 0 Å². The minimum absolute atomic E-state index is 0.155. The third-order valence-electron chi connectivity index (χ3n) is 5.07. The number of aromatic nitrogens is 2. The van der Waals surface area contributed by atoms with Crippen molar-refractivity contribution >= 4 is 59.5 Å². The molecular formula is C22H22Cl2N4O3S2. The number of carbonyl (C=O) groups excluding carboxylic acids is 1. The molecule has 2 aromatic carbocycles. The molecule has 1 fully saturated rings. The number of benzene rings is 2. The van der Waals surface area contributed by atoms with Gasteiger partial charge < -0.3 is 19.4 Å². The highest BCUT2D eigenvalue weighted by Gasteiger charge is 2.45. The van der Waals surface area contributed by atoms with Crippen LogP contribution in [0.1, 0.15) is 5.56 Å². The summed E-state index contributed by atoms with van der Waals surface area (Å²) in [5.41, 5.74) is 1.40. The molecule has 1 aliphatic heterocycles. The normalized spacial score (nSPS) is 20.1. The number of carbonyl (C=O) groups is 1. The van der Waals surface area contributed by atoms with Crippen LogP contribution in [0.25, 0.3) is 0 Å². The Bertz CT molecular complexity index is 1100. The summed E-state index contributed by atoms with van der Waals surface area (Å²) in [5.74, 6) is -0.367. The smallest absolute Gasteiger partial charge is 0.331 e. The molecule has 0 aliphatic carbocycles. The minimum Gasteiger partial charge on any atom is -0.342 e. The zero-order valence-corrected chi connectivity index (χ0v) is 20.9. The van der Waals surface area contributed by atoms with Crippen LogP contribution in [-0.4, -0.2) is 41.1 Å². The lowest BCUT2D eigenvalue weighted by molar-refractivity contribution is -0.184. The lowest BCUT2D eigenvalue weighted by atomic mass is 10.1. The highest BCUT2D eigenvalue weighted by atomic mass is 35.5. The molecule has 1 aliphatic rings. The summed E-state index contributed by atoms with van der Waals surface area (Å²) in [4.78, 5) is 16.9. The molecule has 2 amide bonds. The quantitative estimate of drug-likeness (QED) is 0.326. The van der Waals surface area contributed by atoms with E-state index < -0.39 is 5.79 Å². The number of hydrogen-bond acceptors (Lipinski definition) is 6. The van der Waals surface area contributed by atoms with Crippen LogP contribution in [0.2, 0.25) is 10.0 Å². The average Bonchev–Trinajstić information content (AvgIpc) is 3.47. The van der Waals surface area contributed by atoms with E-state index in [1.807, 2.05) is 41.1 Å². The fourth-order valence-electron chi connectivity index (χ4n) is 3.47. The summed E-state index contributed by atoms with van der Waals surface area (Å²) in [5, 5.41) is 3.57. The van der Waals surface area contributed by atoms with Gasteiger partial charge in [-0.15, -0.1) is 11.8 Å². The number of amides is 2. The molecule has 0 spiro atoms. The first-order chi connectivity index (χ1) is 15.9. The number of ether oxygens (including phenoxy) is 2. The number of thioether (sulfide) groups is 1. The Morgan fingerprint density at radius 3 is 2.79 bits per heavy atom. The van der Waals surface area contributed by atoms with Crippen molar-refractivity contribution in [3.05, 3.63) is 76.8 Å². The van der Waals surface area contributed by atoms with Crippen LogP contribution in [0, 0.1) is 0 Å². The van der Waals surface area contributed by atoms with Gasteiger partial charge in [0.2, 0.25) is 5.79 Å². The number of halogens is 2. The van der Waals surface area contributed by atoms with E-state index in [2.05, 4.69) is 23.1 Å². The van der Waals surface area contributed by atoms with Gasteiger partial charge in [0.15, 0.2) is 0 Å². The van der Waals surface area contributed by atoms with E-state index in [1.165, 1.54) is 4.31 Å². The molecule has 2 heterocycles. The molecule has 2 unspecified atom stereocenters. The van der Waals surface area contributed by atoms with E-state index >= 15 is 0 Å². The summed E-state index contributed by atoms with van der Waals surface area (Å²) in [7, 11) is 1.56. The lowest BCUT2D eigenvalue weighted by Crippen LogP contribution is -2.34. The molecule has 0 bridgehead atoms. The van der Waals surface area contributed by atoms with Gasteiger partial charge in [-0.2, -0.15) is 0 Å². The van der Waals surface area contributed by atoms with Gasteiger partial charge in [0.05, 0.1) is 36.3 Å². The highest BCUT2D eigenvalue weighted by Crippen LogP contribution is 2.41. The molecule has 2 atom stereocenters. The second-order valence-electron chi connectivity index (χ2n) is 7.33. The van der Waals surface area contributed by atoms with E-state index in [4.69, 9.17) is 32.7 Å². The average molecular weight is 525 g/mol. The van der Waals surface area contributed by atoms with Crippen molar-refractivity contribution in [1.29, 1.82) is 0 Å². The van der Waals surface area contributed by atoms with Crippen molar-refractivity contribution in [2.24, 2.45) is 0 Å². The lowest BCUT2D eigenvalue weighted by Gasteiger charge is -2.30. The number of urea groups is 1. The van der Waals surface area contributed by atoms with Gasteiger partial charge in [-0.25, -0.2) is 14.1 Å². The molecule has 1 aromatic heterocycles. The summed E-state index contributed by atoms with van der Waals surface area (Å²) in [6.45, 7) is 0.821. The maximum Gasteiger partial charge on any atom is 0.331 e. The Morgan fingerprint density at radius 1 is 1.33 bits per heavy atom. The first-order valence-electron chi connectivity index (χ1n) is 10.1. The number of hydrogen-bond donors (Lipinski definition) is 2. The Labute approximate surface area is 211 Å². The zero-order chi connectivity index (χ0) is 23.4. The van der Waals surface area contributed by atoms with Crippen LogP contribution in [0.4, 0.5) is 10.5 Å². The molecule has 3 aromatic rings. The molecule has 7 nitrogen and oxygen atoms in total. The monoisotopic (exact) mass is 524 g/mol. The molecule has 0 saturated carbocycles. The number of thiol groups is 1. The summed E-state index contributed by atoms with van der Waals surface area (Å²) < 4.78 is 15.9. The number of imidazole rings is 1. The molecule has 1 saturated heterocycles. The van der Waals surface area contributed by atoms with Crippen molar-refractivity contribution in [3.63, 3.8) is 0 Å². The second-order valence-corrected chi connectivity index (χ2v) is 9.67. The van der Waals surface area contributed by atoms with Gasteiger partial charge in [-0.05, 0) is 36.4 Å². The summed E-state index contributed by atoms with van der Waals surface area (Å²) >= 11 is 18.5. The van der Waals surface area contributed by atoms with Crippen LogP contribution in [-0.2, 0) is 21.8 Å². The van der Waals surface area contributed by atoms with Crippen molar-refractivity contribution in [2.45, 2.75) is 23.3 Å². The molecular weight excluding hydrogens is 503 g/mol.